The number of carbonyl (C=O) groups excluding carboxylic acids is 1. The molecule has 66 valence electrons. The molecule has 0 saturated carbocycles. The number of nitrogens with zero attached hydrogens (tertiary/aromatic N) is 1. The van der Waals surface area contributed by atoms with Gasteiger partial charge in [0.15, 0.2) is 0 Å². The van der Waals surface area contributed by atoms with Gasteiger partial charge in [0.2, 0.25) is 0 Å². The fraction of sp³-hybridized carbons (Fsp3) is 0.125. The summed E-state index contributed by atoms with van der Waals surface area (Å²) < 4.78 is 9.25. The van der Waals surface area contributed by atoms with Gasteiger partial charge in [-0.2, -0.15) is 0 Å². The van der Waals surface area contributed by atoms with E-state index in [-0.39, 0.29) is 0 Å². The quantitative estimate of drug-likeness (QED) is 0.514. The normalized spacial score (nSPS) is 9.31. The predicted molar refractivity (Wildman–Crippen MR) is 48.0 cm³/mol. The summed E-state index contributed by atoms with van der Waals surface area (Å²) in [5.74, 6) is 0.492. The second-order valence-corrected chi connectivity index (χ2v) is 2.18. The van der Waals surface area contributed by atoms with Crippen molar-refractivity contribution < 1.29 is 14.2 Å². The van der Waals surface area contributed by atoms with Crippen LogP contribution in [-0.4, -0.2) is 20.9 Å². The molecule has 0 heterocycles. The Morgan fingerprint density at radius 3 is 2.62 bits per heavy atom. The third-order valence-electron chi connectivity index (χ3n) is 1.33. The first kappa shape index (κ1) is 9.44. The number of rotatable bonds is 4. The summed E-state index contributed by atoms with van der Waals surface area (Å²) in [6.07, 6.45) is 0. The average molecular weight is 177 g/mol. The minimum atomic E-state index is 0.382. The summed E-state index contributed by atoms with van der Waals surface area (Å²) in [7, 11) is 2.85. The molecule has 0 aliphatic carbocycles. The van der Waals surface area contributed by atoms with Gasteiger partial charge in [0.25, 0.3) is 0 Å². The average Bonchev–Trinajstić information content (AvgIpc) is 2.17. The van der Waals surface area contributed by atoms with Crippen LogP contribution in [0.5, 0.6) is 5.75 Å². The van der Waals surface area contributed by atoms with Crippen molar-refractivity contribution in [3.8, 4) is 5.75 Å². The minimum absolute atomic E-state index is 0.382. The van der Waals surface area contributed by atoms with Crippen molar-refractivity contribution in [2.24, 2.45) is 4.90 Å². The summed E-state index contributed by atoms with van der Waals surface area (Å²) in [6, 6.07) is 6.73. The zero-order valence-corrected chi connectivity index (χ0v) is 7.14. The molecule has 0 aliphatic rings. The number of hydrogen-bond acceptors (Lipinski definition) is 4. The second kappa shape index (κ2) is 5.08. The maximum atomic E-state index is 9.96. The first-order valence-corrected chi connectivity index (χ1v) is 3.62. The molecular formula is C8H8BNO3. The van der Waals surface area contributed by atoms with Crippen LogP contribution in [0, 0.1) is 0 Å². The Balaban J connectivity index is 2.69. The van der Waals surface area contributed by atoms with Gasteiger partial charge in [0.05, 0.1) is 0 Å². The van der Waals surface area contributed by atoms with Crippen LogP contribution in [0.4, 0.5) is 5.69 Å². The first-order valence-electron chi connectivity index (χ1n) is 3.62. The maximum absolute atomic E-state index is 9.96. The number of ether oxygens (including phenoxy) is 1. The van der Waals surface area contributed by atoms with E-state index in [4.69, 9.17) is 0 Å². The molecule has 0 aliphatic heterocycles. The standard InChI is InChI=1S/C8H8BNO3/c1-12-9-10-7-2-4-8(5-3-7)13-6-11/h2-6H,1H3. The SMILES string of the molecule is CO/B=N/c1ccc(OC=O)cc1. The van der Waals surface area contributed by atoms with E-state index < -0.39 is 0 Å². The first-order chi connectivity index (χ1) is 6.36. The molecule has 0 saturated heterocycles. The van der Waals surface area contributed by atoms with Crippen molar-refractivity contribution in [2.75, 3.05) is 7.11 Å². The molecule has 0 bridgehead atoms. The summed E-state index contributed by atoms with van der Waals surface area (Å²) in [4.78, 5) is 13.9. The molecular weight excluding hydrogens is 169 g/mol. The van der Waals surface area contributed by atoms with E-state index in [0.29, 0.717) is 12.2 Å². The van der Waals surface area contributed by atoms with Crippen LogP contribution in [0.2, 0.25) is 0 Å². The Bertz CT molecular complexity index is 297. The van der Waals surface area contributed by atoms with Gasteiger partial charge >= 0.3 is 75.6 Å². The monoisotopic (exact) mass is 177 g/mol. The molecule has 4 nitrogen and oxygen atoms in total. The van der Waals surface area contributed by atoms with Gasteiger partial charge in [0, 0.05) is 0 Å². The van der Waals surface area contributed by atoms with E-state index in [9.17, 15) is 4.79 Å². The van der Waals surface area contributed by atoms with Crippen molar-refractivity contribution in [1.29, 1.82) is 0 Å². The van der Waals surface area contributed by atoms with Crippen LogP contribution in [0.3, 0.4) is 0 Å². The molecule has 0 spiro atoms. The Labute approximate surface area is 76.5 Å². The Morgan fingerprint density at radius 2 is 2.08 bits per heavy atom. The van der Waals surface area contributed by atoms with E-state index in [1.807, 2.05) is 0 Å². The Hall–Kier alpha value is -1.65. The van der Waals surface area contributed by atoms with E-state index >= 15 is 0 Å². The summed E-state index contributed by atoms with van der Waals surface area (Å²) in [5.41, 5.74) is 0.736. The molecule has 0 fully saturated rings. The van der Waals surface area contributed by atoms with Crippen LogP contribution in [0.1, 0.15) is 0 Å². The summed E-state index contributed by atoms with van der Waals surface area (Å²) in [6.45, 7) is 0.382. The van der Waals surface area contributed by atoms with Crippen molar-refractivity contribution >= 4 is 19.4 Å². The van der Waals surface area contributed by atoms with Gasteiger partial charge < -0.3 is 0 Å². The molecule has 0 atom stereocenters. The third-order valence-corrected chi connectivity index (χ3v) is 1.33. The molecule has 0 aromatic heterocycles. The van der Waals surface area contributed by atoms with Gasteiger partial charge in [-0.25, -0.2) is 0 Å². The van der Waals surface area contributed by atoms with Crippen molar-refractivity contribution in [2.45, 2.75) is 0 Å². The Morgan fingerprint density at radius 1 is 1.38 bits per heavy atom. The van der Waals surface area contributed by atoms with Gasteiger partial charge in [-0.05, 0) is 0 Å². The van der Waals surface area contributed by atoms with Crippen molar-refractivity contribution in [3.05, 3.63) is 24.3 Å². The molecule has 0 N–H and O–H groups in total. The van der Waals surface area contributed by atoms with E-state index in [0.717, 1.165) is 5.69 Å². The van der Waals surface area contributed by atoms with Crippen molar-refractivity contribution in [3.63, 3.8) is 0 Å². The second-order valence-electron chi connectivity index (χ2n) is 2.18. The van der Waals surface area contributed by atoms with Gasteiger partial charge in [-0.15, -0.1) is 0 Å². The summed E-state index contributed by atoms with van der Waals surface area (Å²) in [5, 5.41) is 0. The van der Waals surface area contributed by atoms with Crippen LogP contribution in [0.15, 0.2) is 29.2 Å². The third kappa shape index (κ3) is 3.07. The zero-order chi connectivity index (χ0) is 9.52. The fourth-order valence-corrected chi connectivity index (χ4v) is 0.780. The van der Waals surface area contributed by atoms with Gasteiger partial charge in [-0.3, -0.25) is 0 Å². The molecule has 13 heavy (non-hydrogen) atoms. The predicted octanol–water partition coefficient (Wildman–Crippen LogP) is 1.30. The zero-order valence-electron chi connectivity index (χ0n) is 7.14. The van der Waals surface area contributed by atoms with E-state index in [2.05, 4.69) is 14.3 Å². The van der Waals surface area contributed by atoms with Gasteiger partial charge in [-0.1, -0.05) is 0 Å². The van der Waals surface area contributed by atoms with E-state index in [1.165, 1.54) is 14.4 Å². The van der Waals surface area contributed by atoms with Crippen molar-refractivity contribution in [1.82, 2.24) is 0 Å². The van der Waals surface area contributed by atoms with Crippen LogP contribution in [0.25, 0.3) is 0 Å². The Kier molecular flexibility index (Phi) is 3.69. The van der Waals surface area contributed by atoms with E-state index in [1.54, 1.807) is 24.3 Å². The van der Waals surface area contributed by atoms with Crippen LogP contribution < -0.4 is 4.74 Å². The van der Waals surface area contributed by atoms with Gasteiger partial charge in [0.1, 0.15) is 0 Å². The molecule has 1 rings (SSSR count). The number of carbonyl (C=O) groups is 1. The molecule has 0 unspecified atom stereocenters. The molecule has 0 radical (unpaired) electrons. The summed E-state index contributed by atoms with van der Waals surface area (Å²) >= 11 is 0. The fourth-order valence-electron chi connectivity index (χ4n) is 0.780. The topological polar surface area (TPSA) is 47.9 Å². The molecule has 1 aromatic carbocycles. The molecule has 1 aromatic rings. The van der Waals surface area contributed by atoms with Crippen LogP contribution in [-0.2, 0) is 9.45 Å². The number of hydrogen-bond donors (Lipinski definition) is 0. The van der Waals surface area contributed by atoms with Crippen LogP contribution >= 0.6 is 0 Å². The number of benzene rings is 1. The molecule has 5 heteroatoms. The molecule has 0 amide bonds.